The molecule has 0 fully saturated rings. The number of hydrogen-bond acceptors (Lipinski definition) is 0. The Morgan fingerprint density at radius 1 is 0.688 bits per heavy atom. The summed E-state index contributed by atoms with van der Waals surface area (Å²) in [5, 5.41) is 0. The average Bonchev–Trinajstić information content (AvgIpc) is 1.76. The van der Waals surface area contributed by atoms with Gasteiger partial charge in [0.25, 0.3) is 0 Å². The molecule has 0 aliphatic rings. The summed E-state index contributed by atoms with van der Waals surface area (Å²) in [4.78, 5) is 2.06. The summed E-state index contributed by atoms with van der Waals surface area (Å²) in [5.74, 6) is 0. The van der Waals surface area contributed by atoms with Gasteiger partial charge in [-0.3, -0.25) is 4.79 Å². The summed E-state index contributed by atoms with van der Waals surface area (Å²) >= 11 is 0. The van der Waals surface area contributed by atoms with Crippen LogP contribution in [0.2, 0.25) is 52.4 Å². The number of quaternary nitrogens is 1. The Labute approximate surface area is 149 Å². The smallest absolute Gasteiger partial charge is 0.420 e. The zero-order valence-corrected chi connectivity index (χ0v) is 19.6. The summed E-state index contributed by atoms with van der Waals surface area (Å²) < 4.78 is 1.71. The van der Waals surface area contributed by atoms with Crippen LogP contribution in [0.25, 0.3) is 0 Å². The van der Waals surface area contributed by atoms with Crippen molar-refractivity contribution < 1.29 is 56.0 Å². The maximum Gasteiger partial charge on any atom is 1.00 e. The first kappa shape index (κ1) is 20.6. The quantitative estimate of drug-likeness (QED) is 0.513. The maximum absolute atomic E-state index is 2.56. The van der Waals surface area contributed by atoms with Crippen molar-refractivity contribution in [1.82, 2.24) is 0 Å². The first-order valence-electron chi connectivity index (χ1n) is 6.00. The molecular weight excluding hydrogens is 269 g/mol. The van der Waals surface area contributed by atoms with Crippen LogP contribution in [-0.2, 0) is 0 Å². The van der Waals surface area contributed by atoms with E-state index < -0.39 is 24.4 Å². The van der Waals surface area contributed by atoms with Gasteiger partial charge < -0.3 is 4.57 Å². The van der Waals surface area contributed by atoms with Crippen LogP contribution >= 0.6 is 0 Å². The topological polar surface area (TPSA) is 4.44 Å². The summed E-state index contributed by atoms with van der Waals surface area (Å²) in [7, 11) is 1.28. The molecule has 0 saturated heterocycles. The van der Waals surface area contributed by atoms with Gasteiger partial charge in [0.05, 0.1) is 0 Å². The Morgan fingerprint density at radius 2 is 0.938 bits per heavy atom. The third-order valence-electron chi connectivity index (χ3n) is 3.38. The summed E-state index contributed by atoms with van der Waals surface area (Å²) in [6, 6.07) is 0. The molecule has 0 rings (SSSR count). The third-order valence-corrected chi connectivity index (χ3v) is 22.9. The average molecular weight is 301 g/mol. The van der Waals surface area contributed by atoms with Crippen molar-refractivity contribution in [3.63, 3.8) is 0 Å². The second kappa shape index (κ2) is 6.61. The largest absolute Gasteiger partial charge is 1.00 e. The van der Waals surface area contributed by atoms with Crippen molar-refractivity contribution in [2.45, 2.75) is 52.4 Å². The molecule has 0 aromatic carbocycles. The monoisotopic (exact) mass is 300 g/mol. The SMILES string of the molecule is C[NH+](C)[Si](C)(C)[C-]([Si](C)(C)C)[Si](C)(C)C.[K+]. The van der Waals surface area contributed by atoms with Crippen molar-refractivity contribution in [1.29, 1.82) is 0 Å². The van der Waals surface area contributed by atoms with Gasteiger partial charge in [0.2, 0.25) is 0 Å². The van der Waals surface area contributed by atoms with Crippen LogP contribution in [0, 0.1) is 4.79 Å². The molecule has 0 amide bonds. The fraction of sp³-hybridized carbons (Fsp3) is 0.909. The standard InChI is InChI=1S/C11H30NSi3.K/c1-12(2)15(9,10)11(13(3,4)5)14(6,7)8;/h1-10H3;/q-1;+1/p+1. The van der Waals surface area contributed by atoms with Crippen LogP contribution in [0.5, 0.6) is 0 Å². The van der Waals surface area contributed by atoms with Gasteiger partial charge >= 0.3 is 51.4 Å². The predicted octanol–water partition coefficient (Wildman–Crippen LogP) is -0.792. The molecular formula is C11H31KNSi3+. The van der Waals surface area contributed by atoms with Crippen molar-refractivity contribution in [3.8, 4) is 0 Å². The summed E-state index contributed by atoms with van der Waals surface area (Å²) in [5.41, 5.74) is 0. The molecule has 16 heavy (non-hydrogen) atoms. The number of hydrogen-bond donors (Lipinski definition) is 1. The molecule has 0 radical (unpaired) electrons. The van der Waals surface area contributed by atoms with Crippen molar-refractivity contribution in [2.75, 3.05) is 14.1 Å². The fourth-order valence-electron chi connectivity index (χ4n) is 3.25. The van der Waals surface area contributed by atoms with Gasteiger partial charge in [-0.2, -0.15) is 0 Å². The van der Waals surface area contributed by atoms with E-state index in [1.54, 1.807) is 4.57 Å². The minimum absolute atomic E-state index is 0. The molecule has 0 unspecified atom stereocenters. The molecule has 0 aliphatic heterocycles. The van der Waals surface area contributed by atoms with Crippen LogP contribution in [-0.4, -0.2) is 38.5 Å². The zero-order chi connectivity index (χ0) is 12.7. The molecule has 0 spiro atoms. The Hall–Kier alpha value is 2.25. The van der Waals surface area contributed by atoms with Gasteiger partial charge in [-0.15, -0.1) is 0 Å². The Balaban J connectivity index is 0. The van der Waals surface area contributed by atoms with Gasteiger partial charge in [-0.1, -0.05) is 55.4 Å². The normalized spacial score (nSPS) is 14.2. The van der Waals surface area contributed by atoms with Gasteiger partial charge in [-0.25, -0.2) is 0 Å². The van der Waals surface area contributed by atoms with Crippen molar-refractivity contribution >= 4 is 24.4 Å². The molecule has 1 nitrogen and oxygen atoms in total. The van der Waals surface area contributed by atoms with E-state index in [0.717, 1.165) is 0 Å². The molecule has 1 N–H and O–H groups in total. The van der Waals surface area contributed by atoms with Crippen molar-refractivity contribution in [2.24, 2.45) is 0 Å². The second-order valence-electron chi connectivity index (χ2n) is 7.50. The molecule has 0 saturated carbocycles. The van der Waals surface area contributed by atoms with Gasteiger partial charge in [0.15, 0.2) is 0 Å². The van der Waals surface area contributed by atoms with Crippen LogP contribution in [0.3, 0.4) is 0 Å². The minimum atomic E-state index is -1.22. The van der Waals surface area contributed by atoms with Gasteiger partial charge in [-0.05, 0) is 13.1 Å². The van der Waals surface area contributed by atoms with Gasteiger partial charge in [0, 0.05) is 14.1 Å². The van der Waals surface area contributed by atoms with E-state index in [0.29, 0.717) is 0 Å². The summed E-state index contributed by atoms with van der Waals surface area (Å²) in [6.07, 6.45) is 0. The molecule has 0 atom stereocenters. The van der Waals surface area contributed by atoms with Crippen LogP contribution in [0.4, 0.5) is 0 Å². The third kappa shape index (κ3) is 5.48. The molecule has 0 aromatic rings. The Bertz CT molecular complexity index is 202. The molecule has 0 aliphatic carbocycles. The van der Waals surface area contributed by atoms with Gasteiger partial charge in [0.1, 0.15) is 8.24 Å². The molecule has 0 aromatic heterocycles. The first-order valence-corrected chi connectivity index (χ1v) is 16.0. The Morgan fingerprint density at radius 3 is 1.00 bits per heavy atom. The predicted molar refractivity (Wildman–Crippen MR) is 80.2 cm³/mol. The zero-order valence-electron chi connectivity index (χ0n) is 13.5. The summed E-state index contributed by atoms with van der Waals surface area (Å²) in [6.45, 7) is 20.4. The first-order chi connectivity index (χ1) is 6.31. The van der Waals surface area contributed by atoms with E-state index in [2.05, 4.69) is 71.3 Å². The van der Waals surface area contributed by atoms with Crippen molar-refractivity contribution in [3.05, 3.63) is 4.79 Å². The number of nitrogens with one attached hydrogen (secondary N) is 1. The minimum Gasteiger partial charge on any atom is -0.420 e. The van der Waals surface area contributed by atoms with Crippen LogP contribution < -0.4 is 56.0 Å². The molecule has 0 heterocycles. The van der Waals surface area contributed by atoms with E-state index in [1.165, 1.54) is 0 Å². The number of rotatable bonds is 4. The fourth-order valence-corrected chi connectivity index (χ4v) is 29.2. The van der Waals surface area contributed by atoms with Crippen LogP contribution in [0.15, 0.2) is 0 Å². The van der Waals surface area contributed by atoms with E-state index in [-0.39, 0.29) is 51.4 Å². The molecule has 0 bridgehead atoms. The van der Waals surface area contributed by atoms with E-state index in [4.69, 9.17) is 0 Å². The molecule has 5 heteroatoms. The van der Waals surface area contributed by atoms with Crippen LogP contribution in [0.1, 0.15) is 0 Å². The van der Waals surface area contributed by atoms with E-state index >= 15 is 0 Å². The van der Waals surface area contributed by atoms with E-state index in [9.17, 15) is 0 Å². The van der Waals surface area contributed by atoms with E-state index in [1.807, 2.05) is 0 Å². The molecule has 92 valence electrons. The second-order valence-corrected chi connectivity index (χ2v) is 23.8. The maximum atomic E-state index is 2.56. The Kier molecular flexibility index (Phi) is 8.49.